The first-order valence-corrected chi connectivity index (χ1v) is 8.19. The summed E-state index contributed by atoms with van der Waals surface area (Å²) in [5.74, 6) is -0.462. The van der Waals surface area contributed by atoms with E-state index in [1.807, 2.05) is 18.3 Å². The van der Waals surface area contributed by atoms with Crippen LogP contribution >= 0.6 is 0 Å². The monoisotopic (exact) mass is 346 g/mol. The summed E-state index contributed by atoms with van der Waals surface area (Å²) in [4.78, 5) is 28.2. The SMILES string of the molecule is O=C(Cc1cc(-c2c[nH]c3ncccc23)ncn1)Cc1ccccc1F. The molecular formula is C20H15FN4O. The lowest BCUT2D eigenvalue weighted by Gasteiger charge is -2.04. The summed E-state index contributed by atoms with van der Waals surface area (Å²) in [6, 6.07) is 11.9. The van der Waals surface area contributed by atoms with Gasteiger partial charge < -0.3 is 4.98 Å². The van der Waals surface area contributed by atoms with Gasteiger partial charge in [-0.1, -0.05) is 18.2 Å². The molecule has 0 aliphatic carbocycles. The largest absolute Gasteiger partial charge is 0.345 e. The summed E-state index contributed by atoms with van der Waals surface area (Å²) in [5, 5.41) is 0.954. The Hall–Kier alpha value is -3.41. The van der Waals surface area contributed by atoms with Gasteiger partial charge in [0, 0.05) is 36.2 Å². The minimum Gasteiger partial charge on any atom is -0.345 e. The van der Waals surface area contributed by atoms with Crippen LogP contribution in [0.2, 0.25) is 0 Å². The zero-order valence-corrected chi connectivity index (χ0v) is 13.8. The number of pyridine rings is 1. The second-order valence-corrected chi connectivity index (χ2v) is 5.98. The van der Waals surface area contributed by atoms with Crippen molar-refractivity contribution in [2.75, 3.05) is 0 Å². The Morgan fingerprint density at radius 2 is 1.92 bits per heavy atom. The number of Topliss-reactive ketones (excluding diaryl/α,β-unsaturated/α-hetero) is 1. The molecule has 0 unspecified atom stereocenters. The average Bonchev–Trinajstić information content (AvgIpc) is 3.08. The molecule has 0 atom stereocenters. The molecule has 0 spiro atoms. The highest BCUT2D eigenvalue weighted by Crippen LogP contribution is 2.26. The molecule has 0 aliphatic heterocycles. The number of fused-ring (bicyclic) bond motifs is 1. The van der Waals surface area contributed by atoms with Gasteiger partial charge in [0.1, 0.15) is 23.6 Å². The standard InChI is InChI=1S/C20H15FN4O/c21-18-6-2-1-4-13(18)8-15(26)9-14-10-19(25-12-24-14)17-11-23-20-16(17)5-3-7-22-20/h1-7,10-12H,8-9H2,(H,22,23). The van der Waals surface area contributed by atoms with Gasteiger partial charge in [0.2, 0.25) is 0 Å². The van der Waals surface area contributed by atoms with E-state index >= 15 is 0 Å². The van der Waals surface area contributed by atoms with Gasteiger partial charge in [0.05, 0.1) is 11.4 Å². The van der Waals surface area contributed by atoms with Crippen LogP contribution in [0.5, 0.6) is 0 Å². The first-order valence-electron chi connectivity index (χ1n) is 8.19. The smallest absolute Gasteiger partial charge is 0.143 e. The zero-order chi connectivity index (χ0) is 17.9. The molecule has 0 aliphatic rings. The molecule has 1 aromatic carbocycles. The summed E-state index contributed by atoms with van der Waals surface area (Å²) in [6.45, 7) is 0. The number of aromatic nitrogens is 4. The molecule has 26 heavy (non-hydrogen) atoms. The molecule has 4 rings (SSSR count). The maximum Gasteiger partial charge on any atom is 0.143 e. The van der Waals surface area contributed by atoms with Gasteiger partial charge in [-0.25, -0.2) is 19.3 Å². The van der Waals surface area contributed by atoms with Crippen molar-refractivity contribution in [3.05, 3.63) is 78.3 Å². The molecule has 5 nitrogen and oxygen atoms in total. The molecule has 0 saturated carbocycles. The lowest BCUT2D eigenvalue weighted by molar-refractivity contribution is -0.117. The van der Waals surface area contributed by atoms with Crippen LogP contribution < -0.4 is 0 Å². The van der Waals surface area contributed by atoms with E-state index in [1.54, 1.807) is 30.5 Å². The quantitative estimate of drug-likeness (QED) is 0.600. The van der Waals surface area contributed by atoms with Crippen molar-refractivity contribution in [2.45, 2.75) is 12.8 Å². The molecule has 3 aromatic heterocycles. The minimum absolute atomic E-state index is 0.0447. The van der Waals surface area contributed by atoms with Gasteiger partial charge in [-0.05, 0) is 29.8 Å². The summed E-state index contributed by atoms with van der Waals surface area (Å²) in [5.41, 5.74) is 3.40. The molecule has 3 heterocycles. The van der Waals surface area contributed by atoms with Gasteiger partial charge in [-0.3, -0.25) is 4.79 Å². The lowest BCUT2D eigenvalue weighted by Crippen LogP contribution is -2.09. The van der Waals surface area contributed by atoms with E-state index < -0.39 is 0 Å². The molecule has 0 saturated heterocycles. The van der Waals surface area contributed by atoms with Gasteiger partial charge in [0.15, 0.2) is 0 Å². The number of carbonyl (C=O) groups excluding carboxylic acids is 1. The molecule has 0 amide bonds. The van der Waals surface area contributed by atoms with E-state index in [-0.39, 0.29) is 24.4 Å². The van der Waals surface area contributed by atoms with Crippen LogP contribution in [0.4, 0.5) is 4.39 Å². The number of H-pyrrole nitrogens is 1. The highest BCUT2D eigenvalue weighted by Gasteiger charge is 2.12. The Morgan fingerprint density at radius 1 is 1.04 bits per heavy atom. The first-order chi connectivity index (χ1) is 12.7. The fraction of sp³-hybridized carbons (Fsp3) is 0.100. The van der Waals surface area contributed by atoms with Crippen LogP contribution in [0.25, 0.3) is 22.3 Å². The van der Waals surface area contributed by atoms with Crippen molar-refractivity contribution in [3.63, 3.8) is 0 Å². The van der Waals surface area contributed by atoms with Gasteiger partial charge in [-0.15, -0.1) is 0 Å². The van der Waals surface area contributed by atoms with Gasteiger partial charge in [0.25, 0.3) is 0 Å². The van der Waals surface area contributed by atoms with Crippen molar-refractivity contribution >= 4 is 16.8 Å². The maximum absolute atomic E-state index is 13.7. The van der Waals surface area contributed by atoms with E-state index in [9.17, 15) is 9.18 Å². The lowest BCUT2D eigenvalue weighted by atomic mass is 10.0. The fourth-order valence-corrected chi connectivity index (χ4v) is 2.93. The number of benzene rings is 1. The minimum atomic E-state index is -0.365. The van der Waals surface area contributed by atoms with Crippen LogP contribution in [0.3, 0.4) is 0 Å². The molecule has 0 bridgehead atoms. The van der Waals surface area contributed by atoms with Gasteiger partial charge >= 0.3 is 0 Å². The van der Waals surface area contributed by atoms with Crippen molar-refractivity contribution in [1.82, 2.24) is 19.9 Å². The molecular weight excluding hydrogens is 331 g/mol. The second kappa shape index (κ2) is 6.84. The molecule has 0 radical (unpaired) electrons. The Labute approximate surface area is 149 Å². The van der Waals surface area contributed by atoms with Crippen molar-refractivity contribution in [2.24, 2.45) is 0 Å². The Balaban J connectivity index is 1.56. The number of rotatable bonds is 5. The van der Waals surface area contributed by atoms with E-state index in [4.69, 9.17) is 0 Å². The number of nitrogens with zero attached hydrogens (tertiary/aromatic N) is 3. The molecule has 0 fully saturated rings. The molecule has 4 aromatic rings. The summed E-state index contributed by atoms with van der Waals surface area (Å²) < 4.78 is 13.7. The first kappa shape index (κ1) is 16.1. The number of hydrogen-bond acceptors (Lipinski definition) is 4. The van der Waals surface area contributed by atoms with Crippen molar-refractivity contribution in [1.29, 1.82) is 0 Å². The maximum atomic E-state index is 13.7. The van der Waals surface area contributed by atoms with Crippen LogP contribution in [0.15, 0.2) is 61.2 Å². The fourth-order valence-electron chi connectivity index (χ4n) is 2.93. The van der Waals surface area contributed by atoms with Crippen LogP contribution in [-0.2, 0) is 17.6 Å². The predicted molar refractivity (Wildman–Crippen MR) is 95.9 cm³/mol. The summed E-state index contributed by atoms with van der Waals surface area (Å²) >= 11 is 0. The summed E-state index contributed by atoms with van der Waals surface area (Å²) in [6.07, 6.45) is 5.17. The second-order valence-electron chi connectivity index (χ2n) is 5.98. The number of halogens is 1. The van der Waals surface area contributed by atoms with Crippen LogP contribution in [0, 0.1) is 5.82 Å². The molecule has 6 heteroatoms. The van der Waals surface area contributed by atoms with Gasteiger partial charge in [-0.2, -0.15) is 0 Å². The number of nitrogens with one attached hydrogen (secondary N) is 1. The molecule has 128 valence electrons. The zero-order valence-electron chi connectivity index (χ0n) is 13.8. The number of ketones is 1. The Bertz CT molecular complexity index is 1090. The van der Waals surface area contributed by atoms with Crippen LogP contribution in [-0.4, -0.2) is 25.7 Å². The van der Waals surface area contributed by atoms with E-state index in [2.05, 4.69) is 19.9 Å². The summed E-state index contributed by atoms with van der Waals surface area (Å²) in [7, 11) is 0. The highest BCUT2D eigenvalue weighted by atomic mass is 19.1. The van der Waals surface area contributed by atoms with Crippen molar-refractivity contribution in [3.8, 4) is 11.3 Å². The van der Waals surface area contributed by atoms with E-state index in [0.29, 0.717) is 17.0 Å². The Morgan fingerprint density at radius 3 is 2.81 bits per heavy atom. The van der Waals surface area contributed by atoms with E-state index in [0.717, 1.165) is 16.6 Å². The van der Waals surface area contributed by atoms with Crippen LogP contribution in [0.1, 0.15) is 11.3 Å². The third-order valence-electron chi connectivity index (χ3n) is 4.17. The number of hydrogen-bond donors (Lipinski definition) is 1. The third kappa shape index (κ3) is 3.21. The Kier molecular flexibility index (Phi) is 4.23. The average molecular weight is 346 g/mol. The van der Waals surface area contributed by atoms with E-state index in [1.165, 1.54) is 12.4 Å². The predicted octanol–water partition coefficient (Wildman–Crippen LogP) is 3.51. The highest BCUT2D eigenvalue weighted by molar-refractivity contribution is 5.92. The number of aromatic amines is 1. The molecule has 1 N–H and O–H groups in total. The third-order valence-corrected chi connectivity index (χ3v) is 4.17. The normalized spacial score (nSPS) is 11.0. The van der Waals surface area contributed by atoms with Crippen molar-refractivity contribution < 1.29 is 9.18 Å². The topological polar surface area (TPSA) is 71.5 Å². The number of carbonyl (C=O) groups is 1.